The van der Waals surface area contributed by atoms with Crippen molar-refractivity contribution in [2.75, 3.05) is 0 Å². The van der Waals surface area contributed by atoms with Crippen LogP contribution < -0.4 is 0 Å². The van der Waals surface area contributed by atoms with E-state index in [1.165, 1.54) is 66.4 Å². The lowest BCUT2D eigenvalue weighted by atomic mass is 9.86. The molecule has 0 atom stereocenters. The Balaban J connectivity index is 1.66. The molecule has 5 aromatic rings. The third-order valence-corrected chi connectivity index (χ3v) is 8.65. The van der Waals surface area contributed by atoms with Gasteiger partial charge >= 0.3 is 0 Å². The standard InChI is InChI=1S/C43H44N2/c1-30(2)24-38-27-36(18-17-33(38)14-9-23-45)43-21-19-37(42-20-16-32(10-8-22-44)26-39(42)25-31(3)4)29-40(43)28-35-13-7-12-34-11-5-6-15-41(34)35/h5-7,11-13,15-21,26-27,29-31H,8-10,14,24-25,28H2,1-4H3. The maximum atomic E-state index is 9.26. The van der Waals surface area contributed by atoms with Crippen molar-refractivity contribution < 1.29 is 0 Å². The Hall–Kier alpha value is -4.66. The molecule has 0 aliphatic carbocycles. The Labute approximate surface area is 270 Å². The molecule has 0 saturated carbocycles. The summed E-state index contributed by atoms with van der Waals surface area (Å²) in [5, 5.41) is 21.0. The lowest BCUT2D eigenvalue weighted by molar-refractivity contribution is 0.642. The first kappa shape index (κ1) is 31.8. The fourth-order valence-corrected chi connectivity index (χ4v) is 6.59. The van der Waals surface area contributed by atoms with E-state index in [2.05, 4.69) is 137 Å². The van der Waals surface area contributed by atoms with Crippen LogP contribution in [0.1, 0.15) is 73.9 Å². The largest absolute Gasteiger partial charge is 0.198 e. The number of nitriles is 2. The molecule has 5 rings (SSSR count). The average molecular weight is 589 g/mol. The highest BCUT2D eigenvalue weighted by Crippen LogP contribution is 2.35. The highest BCUT2D eigenvalue weighted by Gasteiger charge is 2.15. The lowest BCUT2D eigenvalue weighted by Gasteiger charge is -2.19. The molecule has 0 aliphatic rings. The molecule has 0 unspecified atom stereocenters. The third-order valence-electron chi connectivity index (χ3n) is 8.65. The normalized spacial score (nSPS) is 11.2. The molecule has 0 radical (unpaired) electrons. The second-order valence-corrected chi connectivity index (χ2v) is 13.2. The molecule has 0 aromatic heterocycles. The van der Waals surface area contributed by atoms with Gasteiger partial charge in [-0.2, -0.15) is 10.5 Å². The molecule has 0 spiro atoms. The SMILES string of the molecule is CC(C)Cc1cc(-c2ccc(-c3ccc(CCC#N)cc3CC(C)C)cc2Cc2cccc3ccccc23)ccc1CCC#N. The van der Waals surface area contributed by atoms with E-state index in [1.54, 1.807) is 0 Å². The number of hydrogen-bond donors (Lipinski definition) is 0. The zero-order valence-corrected chi connectivity index (χ0v) is 27.2. The second kappa shape index (κ2) is 14.9. The van der Waals surface area contributed by atoms with Crippen LogP contribution >= 0.6 is 0 Å². The van der Waals surface area contributed by atoms with Crippen molar-refractivity contribution in [1.82, 2.24) is 0 Å². The van der Waals surface area contributed by atoms with E-state index in [0.29, 0.717) is 24.7 Å². The fourth-order valence-electron chi connectivity index (χ4n) is 6.59. The number of benzene rings is 5. The summed E-state index contributed by atoms with van der Waals surface area (Å²) in [4.78, 5) is 0. The summed E-state index contributed by atoms with van der Waals surface area (Å²) in [5.41, 5.74) is 12.9. The Morgan fingerprint density at radius 1 is 0.533 bits per heavy atom. The third kappa shape index (κ3) is 7.90. The minimum Gasteiger partial charge on any atom is -0.198 e. The van der Waals surface area contributed by atoms with Gasteiger partial charge in [0.2, 0.25) is 0 Å². The summed E-state index contributed by atoms with van der Waals surface area (Å²) in [6.07, 6.45) is 5.50. The van der Waals surface area contributed by atoms with Gasteiger partial charge in [-0.25, -0.2) is 0 Å². The number of aryl methyl sites for hydroxylation is 2. The first-order valence-corrected chi connectivity index (χ1v) is 16.4. The van der Waals surface area contributed by atoms with Gasteiger partial charge in [0, 0.05) is 12.8 Å². The van der Waals surface area contributed by atoms with Gasteiger partial charge in [-0.15, -0.1) is 0 Å². The average Bonchev–Trinajstić information content (AvgIpc) is 3.03. The zero-order valence-electron chi connectivity index (χ0n) is 27.2. The predicted octanol–water partition coefficient (Wildman–Crippen LogP) is 11.1. The molecular weight excluding hydrogens is 544 g/mol. The molecule has 0 bridgehead atoms. The van der Waals surface area contributed by atoms with Crippen molar-refractivity contribution in [3.05, 3.63) is 130 Å². The van der Waals surface area contributed by atoms with Crippen molar-refractivity contribution in [2.24, 2.45) is 11.8 Å². The van der Waals surface area contributed by atoms with E-state index >= 15 is 0 Å². The summed E-state index contributed by atoms with van der Waals surface area (Å²) in [7, 11) is 0. The number of fused-ring (bicyclic) bond motifs is 1. The minimum absolute atomic E-state index is 0.531. The Morgan fingerprint density at radius 3 is 1.91 bits per heavy atom. The van der Waals surface area contributed by atoms with Gasteiger partial charge in [-0.1, -0.05) is 125 Å². The van der Waals surface area contributed by atoms with Crippen molar-refractivity contribution in [3.63, 3.8) is 0 Å². The highest BCUT2D eigenvalue weighted by molar-refractivity contribution is 5.86. The second-order valence-electron chi connectivity index (χ2n) is 13.2. The molecule has 2 nitrogen and oxygen atoms in total. The topological polar surface area (TPSA) is 47.6 Å². The van der Waals surface area contributed by atoms with E-state index in [1.807, 2.05) is 0 Å². The number of nitrogens with zero attached hydrogens (tertiary/aromatic N) is 2. The molecule has 2 heteroatoms. The van der Waals surface area contributed by atoms with Gasteiger partial charge in [0.15, 0.2) is 0 Å². The van der Waals surface area contributed by atoms with Gasteiger partial charge in [0.05, 0.1) is 12.1 Å². The van der Waals surface area contributed by atoms with Crippen molar-refractivity contribution in [3.8, 4) is 34.4 Å². The van der Waals surface area contributed by atoms with Crippen LogP contribution in [0.15, 0.2) is 97.1 Å². The van der Waals surface area contributed by atoms with Crippen LogP contribution in [-0.2, 0) is 32.1 Å². The summed E-state index contributed by atoms with van der Waals surface area (Å²) in [6, 6.07) is 40.6. The summed E-state index contributed by atoms with van der Waals surface area (Å²) >= 11 is 0. The molecule has 226 valence electrons. The van der Waals surface area contributed by atoms with Crippen LogP contribution in [-0.4, -0.2) is 0 Å². The van der Waals surface area contributed by atoms with Crippen molar-refractivity contribution in [1.29, 1.82) is 10.5 Å². The van der Waals surface area contributed by atoms with Gasteiger partial charge < -0.3 is 0 Å². The Morgan fingerprint density at radius 2 is 1.16 bits per heavy atom. The van der Waals surface area contributed by atoms with E-state index in [4.69, 9.17) is 5.26 Å². The number of rotatable bonds is 12. The highest BCUT2D eigenvalue weighted by atomic mass is 14.2. The Bertz CT molecular complexity index is 1860. The molecular formula is C43H44N2. The minimum atomic E-state index is 0.531. The first-order chi connectivity index (χ1) is 21.9. The molecule has 5 aromatic carbocycles. The van der Waals surface area contributed by atoms with Gasteiger partial charge in [-0.05, 0) is 110 Å². The Kier molecular flexibility index (Phi) is 10.5. The van der Waals surface area contributed by atoms with E-state index in [-0.39, 0.29) is 0 Å². The zero-order chi connectivity index (χ0) is 31.8. The smallest absolute Gasteiger partial charge is 0.0625 e. The van der Waals surface area contributed by atoms with Gasteiger partial charge in [-0.3, -0.25) is 0 Å². The maximum absolute atomic E-state index is 9.26. The van der Waals surface area contributed by atoms with Crippen LogP contribution in [0, 0.1) is 34.5 Å². The van der Waals surface area contributed by atoms with Crippen LogP contribution in [0.2, 0.25) is 0 Å². The molecule has 0 heterocycles. The lowest BCUT2D eigenvalue weighted by Crippen LogP contribution is -2.02. The summed E-state index contributed by atoms with van der Waals surface area (Å²) in [6.45, 7) is 9.08. The fraction of sp³-hybridized carbons (Fsp3) is 0.302. The van der Waals surface area contributed by atoms with E-state index in [0.717, 1.165) is 32.1 Å². The van der Waals surface area contributed by atoms with Crippen LogP contribution in [0.4, 0.5) is 0 Å². The van der Waals surface area contributed by atoms with Gasteiger partial charge in [0.1, 0.15) is 0 Å². The molecule has 0 amide bonds. The monoisotopic (exact) mass is 588 g/mol. The molecule has 0 aliphatic heterocycles. The molecule has 0 fully saturated rings. The van der Waals surface area contributed by atoms with Crippen LogP contribution in [0.25, 0.3) is 33.0 Å². The number of hydrogen-bond acceptors (Lipinski definition) is 2. The van der Waals surface area contributed by atoms with Crippen LogP contribution in [0.3, 0.4) is 0 Å². The van der Waals surface area contributed by atoms with Crippen LogP contribution in [0.5, 0.6) is 0 Å². The van der Waals surface area contributed by atoms with Crippen molar-refractivity contribution >= 4 is 10.8 Å². The maximum Gasteiger partial charge on any atom is 0.0625 e. The molecule has 0 saturated heterocycles. The quantitative estimate of drug-likeness (QED) is 0.145. The van der Waals surface area contributed by atoms with Gasteiger partial charge in [0.25, 0.3) is 0 Å². The molecule has 0 N–H and O–H groups in total. The predicted molar refractivity (Wildman–Crippen MR) is 189 cm³/mol. The summed E-state index contributed by atoms with van der Waals surface area (Å²) < 4.78 is 0. The van der Waals surface area contributed by atoms with E-state index < -0.39 is 0 Å². The molecule has 45 heavy (non-hydrogen) atoms. The van der Waals surface area contributed by atoms with E-state index in [9.17, 15) is 5.26 Å². The van der Waals surface area contributed by atoms with Crippen molar-refractivity contribution in [2.45, 2.75) is 72.6 Å². The summed E-state index contributed by atoms with van der Waals surface area (Å²) in [5.74, 6) is 1.07. The first-order valence-electron chi connectivity index (χ1n) is 16.4.